The van der Waals surface area contributed by atoms with Crippen molar-refractivity contribution in [1.82, 2.24) is 10.2 Å². The first kappa shape index (κ1) is 11.4. The van der Waals surface area contributed by atoms with Crippen LogP contribution in [0.3, 0.4) is 0 Å². The van der Waals surface area contributed by atoms with Crippen molar-refractivity contribution in [2.24, 2.45) is 11.8 Å². The molecule has 3 atom stereocenters. The molecule has 0 radical (unpaired) electrons. The van der Waals surface area contributed by atoms with E-state index in [1.165, 1.54) is 38.9 Å². The molecular weight excluding hydrogens is 184 g/mol. The van der Waals surface area contributed by atoms with E-state index in [0.717, 1.165) is 23.9 Å². The number of nitrogens with zero attached hydrogens (tertiary/aromatic N) is 1. The van der Waals surface area contributed by atoms with Gasteiger partial charge in [0.05, 0.1) is 0 Å². The molecule has 2 aliphatic rings. The summed E-state index contributed by atoms with van der Waals surface area (Å²) in [7, 11) is 0. The van der Waals surface area contributed by atoms with Gasteiger partial charge in [-0.2, -0.15) is 0 Å². The maximum absolute atomic E-state index is 3.62. The Bertz CT molecular complexity index is 201. The van der Waals surface area contributed by atoms with Gasteiger partial charge in [0.15, 0.2) is 0 Å². The van der Waals surface area contributed by atoms with Crippen LogP contribution in [-0.4, -0.2) is 36.6 Å². The van der Waals surface area contributed by atoms with Crippen molar-refractivity contribution >= 4 is 0 Å². The lowest BCUT2D eigenvalue weighted by atomic mass is 10.0. The van der Waals surface area contributed by atoms with Crippen molar-refractivity contribution in [2.45, 2.75) is 52.1 Å². The zero-order valence-corrected chi connectivity index (χ0v) is 10.5. The molecule has 1 heterocycles. The number of rotatable bonds is 4. The molecule has 0 aromatic carbocycles. The van der Waals surface area contributed by atoms with Crippen molar-refractivity contribution in [3.63, 3.8) is 0 Å². The lowest BCUT2D eigenvalue weighted by Crippen LogP contribution is -2.56. The number of hydrogen-bond acceptors (Lipinski definition) is 2. The van der Waals surface area contributed by atoms with E-state index >= 15 is 0 Å². The fraction of sp³-hybridized carbons (Fsp3) is 1.00. The van der Waals surface area contributed by atoms with Crippen LogP contribution in [0.2, 0.25) is 0 Å². The third kappa shape index (κ3) is 2.94. The Hall–Kier alpha value is -0.0800. The highest BCUT2D eigenvalue weighted by Gasteiger charge is 2.31. The number of nitrogens with one attached hydrogen (secondary N) is 1. The summed E-state index contributed by atoms with van der Waals surface area (Å²) in [6.07, 6.45) is 4.23. The van der Waals surface area contributed by atoms with Crippen LogP contribution in [0.25, 0.3) is 0 Å². The molecule has 2 rings (SSSR count). The monoisotopic (exact) mass is 210 g/mol. The fourth-order valence-corrected chi connectivity index (χ4v) is 2.71. The normalized spacial score (nSPS) is 35.4. The second kappa shape index (κ2) is 4.84. The molecule has 0 bridgehead atoms. The van der Waals surface area contributed by atoms with Gasteiger partial charge in [0.1, 0.15) is 0 Å². The molecule has 3 unspecified atom stereocenters. The van der Waals surface area contributed by atoms with Crippen molar-refractivity contribution in [3.8, 4) is 0 Å². The first-order valence-electron chi connectivity index (χ1n) is 6.68. The van der Waals surface area contributed by atoms with Gasteiger partial charge in [0.25, 0.3) is 0 Å². The van der Waals surface area contributed by atoms with Crippen molar-refractivity contribution in [1.29, 1.82) is 0 Å². The first-order valence-corrected chi connectivity index (χ1v) is 6.68. The van der Waals surface area contributed by atoms with Crippen LogP contribution in [0.5, 0.6) is 0 Å². The molecule has 15 heavy (non-hydrogen) atoms. The Morgan fingerprint density at radius 3 is 2.73 bits per heavy atom. The fourth-order valence-electron chi connectivity index (χ4n) is 2.71. The van der Waals surface area contributed by atoms with E-state index in [1.807, 2.05) is 0 Å². The highest BCUT2D eigenvalue weighted by molar-refractivity contribution is 4.87. The average Bonchev–Trinajstić information content (AvgIpc) is 3.04. The van der Waals surface area contributed by atoms with E-state index in [-0.39, 0.29) is 0 Å². The molecule has 2 fully saturated rings. The summed E-state index contributed by atoms with van der Waals surface area (Å²) in [4.78, 5) is 2.70. The van der Waals surface area contributed by atoms with E-state index in [0.29, 0.717) is 0 Å². The molecular formula is C13H26N2. The zero-order valence-electron chi connectivity index (χ0n) is 10.5. The van der Waals surface area contributed by atoms with E-state index in [4.69, 9.17) is 0 Å². The lowest BCUT2D eigenvalue weighted by Gasteiger charge is -2.40. The van der Waals surface area contributed by atoms with Gasteiger partial charge < -0.3 is 5.32 Å². The van der Waals surface area contributed by atoms with Gasteiger partial charge in [-0.25, -0.2) is 0 Å². The molecule has 2 heteroatoms. The van der Waals surface area contributed by atoms with Gasteiger partial charge in [0, 0.05) is 31.7 Å². The minimum absolute atomic E-state index is 0.729. The van der Waals surface area contributed by atoms with Crippen LogP contribution in [0.4, 0.5) is 0 Å². The van der Waals surface area contributed by atoms with Crippen LogP contribution in [-0.2, 0) is 0 Å². The topological polar surface area (TPSA) is 15.3 Å². The molecule has 1 N–H and O–H groups in total. The van der Waals surface area contributed by atoms with Crippen LogP contribution >= 0.6 is 0 Å². The molecule has 0 spiro atoms. The summed E-state index contributed by atoms with van der Waals surface area (Å²) in [5, 5.41) is 3.62. The van der Waals surface area contributed by atoms with Crippen molar-refractivity contribution in [3.05, 3.63) is 0 Å². The SMILES string of the molecule is CCC1CN(CC(C)C2CC2)C(C)CN1. The van der Waals surface area contributed by atoms with Crippen molar-refractivity contribution in [2.75, 3.05) is 19.6 Å². The molecule has 1 saturated heterocycles. The molecule has 1 aliphatic carbocycles. The summed E-state index contributed by atoms with van der Waals surface area (Å²) < 4.78 is 0. The molecule has 88 valence electrons. The first-order chi connectivity index (χ1) is 7.20. The average molecular weight is 210 g/mol. The van der Waals surface area contributed by atoms with Gasteiger partial charge in [-0.05, 0) is 38.0 Å². The summed E-state index contributed by atoms with van der Waals surface area (Å²) >= 11 is 0. The van der Waals surface area contributed by atoms with Crippen LogP contribution in [0.1, 0.15) is 40.0 Å². The minimum atomic E-state index is 0.729. The standard InChI is InChI=1S/C13H26N2/c1-4-13-9-15(11(3)7-14-13)8-10(2)12-5-6-12/h10-14H,4-9H2,1-3H3. The Morgan fingerprint density at radius 1 is 1.40 bits per heavy atom. The molecule has 1 saturated carbocycles. The quantitative estimate of drug-likeness (QED) is 0.764. The van der Waals surface area contributed by atoms with E-state index in [1.54, 1.807) is 0 Å². The maximum atomic E-state index is 3.62. The van der Waals surface area contributed by atoms with Gasteiger partial charge in [-0.15, -0.1) is 0 Å². The second-order valence-electron chi connectivity index (χ2n) is 5.63. The summed E-state index contributed by atoms with van der Waals surface area (Å²) in [5.74, 6) is 1.97. The highest BCUT2D eigenvalue weighted by atomic mass is 15.2. The predicted molar refractivity (Wildman–Crippen MR) is 65.0 cm³/mol. The highest BCUT2D eigenvalue weighted by Crippen LogP contribution is 2.37. The number of hydrogen-bond donors (Lipinski definition) is 1. The van der Waals surface area contributed by atoms with Gasteiger partial charge in [0.2, 0.25) is 0 Å². The van der Waals surface area contributed by atoms with Gasteiger partial charge in [-0.3, -0.25) is 4.90 Å². The van der Waals surface area contributed by atoms with E-state index in [9.17, 15) is 0 Å². The van der Waals surface area contributed by atoms with E-state index < -0.39 is 0 Å². The molecule has 0 amide bonds. The maximum Gasteiger partial charge on any atom is 0.0193 e. The Morgan fingerprint density at radius 2 is 2.13 bits per heavy atom. The smallest absolute Gasteiger partial charge is 0.0193 e. The summed E-state index contributed by atoms with van der Waals surface area (Å²) in [5.41, 5.74) is 0. The van der Waals surface area contributed by atoms with E-state index in [2.05, 4.69) is 31.0 Å². The Balaban J connectivity index is 1.82. The minimum Gasteiger partial charge on any atom is -0.311 e. The van der Waals surface area contributed by atoms with Gasteiger partial charge in [-0.1, -0.05) is 13.8 Å². The van der Waals surface area contributed by atoms with Gasteiger partial charge >= 0.3 is 0 Å². The Kier molecular flexibility index (Phi) is 3.68. The van der Waals surface area contributed by atoms with Crippen LogP contribution in [0, 0.1) is 11.8 Å². The Labute approximate surface area is 94.4 Å². The third-order valence-corrected chi connectivity index (χ3v) is 4.22. The van der Waals surface area contributed by atoms with Crippen molar-refractivity contribution < 1.29 is 0 Å². The lowest BCUT2D eigenvalue weighted by molar-refractivity contribution is 0.117. The molecule has 2 nitrogen and oxygen atoms in total. The summed E-state index contributed by atoms with van der Waals surface area (Å²) in [6.45, 7) is 10.8. The third-order valence-electron chi connectivity index (χ3n) is 4.22. The molecule has 0 aromatic heterocycles. The predicted octanol–water partition coefficient (Wildman–Crippen LogP) is 2.10. The zero-order chi connectivity index (χ0) is 10.8. The van der Waals surface area contributed by atoms with Crippen LogP contribution < -0.4 is 5.32 Å². The molecule has 0 aromatic rings. The number of piperazine rings is 1. The van der Waals surface area contributed by atoms with Crippen LogP contribution in [0.15, 0.2) is 0 Å². The second-order valence-corrected chi connectivity index (χ2v) is 5.63. The summed E-state index contributed by atoms with van der Waals surface area (Å²) in [6, 6.07) is 1.46. The largest absolute Gasteiger partial charge is 0.311 e. The molecule has 1 aliphatic heterocycles.